The number of nitrogens with zero attached hydrogens (tertiary/aromatic N) is 2. The van der Waals surface area contributed by atoms with Crippen LogP contribution in [0.1, 0.15) is 36.7 Å². The minimum Gasteiger partial charge on any atom is -0.336 e. The van der Waals surface area contributed by atoms with Crippen LogP contribution in [-0.2, 0) is 6.42 Å². The van der Waals surface area contributed by atoms with Crippen LogP contribution in [0.5, 0.6) is 0 Å². The van der Waals surface area contributed by atoms with Crippen molar-refractivity contribution in [3.8, 4) is 0 Å². The number of benzene rings is 1. The molecular formula is C17H27N3O. The molecule has 0 aromatic heterocycles. The van der Waals surface area contributed by atoms with Crippen molar-refractivity contribution in [2.75, 3.05) is 32.7 Å². The molecule has 0 aliphatic carbocycles. The Morgan fingerprint density at radius 1 is 1.10 bits per heavy atom. The van der Waals surface area contributed by atoms with Crippen molar-refractivity contribution in [3.63, 3.8) is 0 Å². The van der Waals surface area contributed by atoms with E-state index in [1.807, 2.05) is 29.2 Å². The topological polar surface area (TPSA) is 49.6 Å². The Bertz CT molecular complexity index is 468. The van der Waals surface area contributed by atoms with Gasteiger partial charge >= 0.3 is 0 Å². The molecule has 2 rings (SSSR count). The number of nitrogens with two attached hydrogens (primary N) is 1. The molecule has 1 amide bonds. The molecule has 2 N–H and O–H groups in total. The minimum atomic E-state index is 0.142. The zero-order valence-electron chi connectivity index (χ0n) is 13.4. The highest BCUT2D eigenvalue weighted by Gasteiger charge is 2.28. The van der Waals surface area contributed by atoms with Crippen LogP contribution >= 0.6 is 0 Å². The van der Waals surface area contributed by atoms with Gasteiger partial charge in [0.25, 0.3) is 5.91 Å². The first-order chi connectivity index (χ1) is 9.91. The fraction of sp³-hybridized carbons (Fsp3) is 0.588. The van der Waals surface area contributed by atoms with Crippen molar-refractivity contribution >= 4 is 5.91 Å². The number of rotatable bonds is 3. The van der Waals surface area contributed by atoms with Crippen LogP contribution in [0.25, 0.3) is 0 Å². The van der Waals surface area contributed by atoms with Crippen LogP contribution in [0.4, 0.5) is 0 Å². The molecule has 1 aromatic rings. The van der Waals surface area contributed by atoms with Crippen LogP contribution < -0.4 is 5.73 Å². The van der Waals surface area contributed by atoms with E-state index in [0.29, 0.717) is 6.54 Å². The van der Waals surface area contributed by atoms with Gasteiger partial charge in [0.05, 0.1) is 0 Å². The first kappa shape index (κ1) is 16.0. The molecule has 4 heteroatoms. The van der Waals surface area contributed by atoms with E-state index in [4.69, 9.17) is 5.73 Å². The molecule has 1 saturated heterocycles. The van der Waals surface area contributed by atoms with Crippen LogP contribution in [0.3, 0.4) is 0 Å². The SMILES string of the molecule is CC(C)(C)N1CCN(C(=O)c2ccc(CCN)cc2)CC1. The second-order valence-electron chi connectivity index (χ2n) is 6.69. The largest absolute Gasteiger partial charge is 0.336 e. The normalized spacial score (nSPS) is 17.0. The Labute approximate surface area is 127 Å². The third kappa shape index (κ3) is 4.05. The molecule has 116 valence electrons. The van der Waals surface area contributed by atoms with Crippen LogP contribution in [0.15, 0.2) is 24.3 Å². The van der Waals surface area contributed by atoms with Crippen molar-refractivity contribution in [1.82, 2.24) is 9.80 Å². The predicted octanol–water partition coefficient (Wildman–Crippen LogP) is 1.74. The second-order valence-corrected chi connectivity index (χ2v) is 6.69. The summed E-state index contributed by atoms with van der Waals surface area (Å²) in [6.45, 7) is 10.8. The minimum absolute atomic E-state index is 0.142. The third-order valence-corrected chi connectivity index (χ3v) is 4.15. The maximum atomic E-state index is 12.5. The van der Waals surface area contributed by atoms with Crippen molar-refractivity contribution in [3.05, 3.63) is 35.4 Å². The van der Waals surface area contributed by atoms with Crippen molar-refractivity contribution in [2.24, 2.45) is 5.73 Å². The molecule has 1 aromatic carbocycles. The maximum Gasteiger partial charge on any atom is 0.253 e. The Balaban J connectivity index is 1.95. The van der Waals surface area contributed by atoms with Gasteiger partial charge in [0.2, 0.25) is 0 Å². The van der Waals surface area contributed by atoms with Crippen LogP contribution in [0.2, 0.25) is 0 Å². The van der Waals surface area contributed by atoms with Crippen LogP contribution in [-0.4, -0.2) is 54.0 Å². The van der Waals surface area contributed by atoms with E-state index in [1.165, 1.54) is 5.56 Å². The smallest absolute Gasteiger partial charge is 0.253 e. The van der Waals surface area contributed by atoms with Gasteiger partial charge in [-0.1, -0.05) is 12.1 Å². The zero-order chi connectivity index (χ0) is 15.5. The number of carbonyl (C=O) groups is 1. The molecular weight excluding hydrogens is 262 g/mol. The van der Waals surface area contributed by atoms with Gasteiger partial charge in [-0.2, -0.15) is 0 Å². The van der Waals surface area contributed by atoms with Crippen molar-refractivity contribution in [1.29, 1.82) is 0 Å². The first-order valence-corrected chi connectivity index (χ1v) is 7.75. The number of amides is 1. The van der Waals surface area contributed by atoms with Gasteiger partial charge in [-0.15, -0.1) is 0 Å². The van der Waals surface area contributed by atoms with E-state index in [1.54, 1.807) is 0 Å². The summed E-state index contributed by atoms with van der Waals surface area (Å²) < 4.78 is 0. The Morgan fingerprint density at radius 3 is 2.14 bits per heavy atom. The summed E-state index contributed by atoms with van der Waals surface area (Å²) in [6.07, 6.45) is 0.860. The van der Waals surface area contributed by atoms with Crippen molar-refractivity contribution in [2.45, 2.75) is 32.7 Å². The van der Waals surface area contributed by atoms with E-state index in [9.17, 15) is 4.79 Å². The van der Waals surface area contributed by atoms with E-state index in [0.717, 1.165) is 38.2 Å². The lowest BCUT2D eigenvalue weighted by Gasteiger charge is -2.42. The number of hydrogen-bond acceptors (Lipinski definition) is 3. The molecule has 1 heterocycles. The molecule has 0 unspecified atom stereocenters. The van der Waals surface area contributed by atoms with Gasteiger partial charge in [-0.05, 0) is 51.4 Å². The summed E-state index contributed by atoms with van der Waals surface area (Å²) in [5, 5.41) is 0. The van der Waals surface area contributed by atoms with Gasteiger partial charge in [0.1, 0.15) is 0 Å². The maximum absolute atomic E-state index is 12.5. The number of piperazine rings is 1. The van der Waals surface area contributed by atoms with Gasteiger partial charge in [-0.25, -0.2) is 0 Å². The van der Waals surface area contributed by atoms with Crippen LogP contribution in [0, 0.1) is 0 Å². The molecule has 1 aliphatic heterocycles. The fourth-order valence-electron chi connectivity index (χ4n) is 2.74. The quantitative estimate of drug-likeness (QED) is 0.922. The lowest BCUT2D eigenvalue weighted by Crippen LogP contribution is -2.54. The molecule has 0 radical (unpaired) electrons. The molecule has 0 saturated carbocycles. The Hall–Kier alpha value is -1.39. The Morgan fingerprint density at radius 2 is 1.67 bits per heavy atom. The first-order valence-electron chi connectivity index (χ1n) is 7.75. The van der Waals surface area contributed by atoms with Gasteiger partial charge in [0.15, 0.2) is 0 Å². The van der Waals surface area contributed by atoms with Gasteiger partial charge in [-0.3, -0.25) is 9.69 Å². The monoisotopic (exact) mass is 289 g/mol. The Kier molecular flexibility index (Phi) is 5.01. The highest BCUT2D eigenvalue weighted by atomic mass is 16.2. The summed E-state index contributed by atoms with van der Waals surface area (Å²) >= 11 is 0. The molecule has 0 bridgehead atoms. The molecule has 1 aliphatic rings. The van der Waals surface area contributed by atoms with E-state index < -0.39 is 0 Å². The summed E-state index contributed by atoms with van der Waals surface area (Å²) in [5.74, 6) is 0.142. The van der Waals surface area contributed by atoms with E-state index in [-0.39, 0.29) is 11.4 Å². The summed E-state index contributed by atoms with van der Waals surface area (Å²) in [6, 6.07) is 7.85. The molecule has 0 atom stereocenters. The van der Waals surface area contributed by atoms with Crippen molar-refractivity contribution < 1.29 is 4.79 Å². The average Bonchev–Trinajstić information content (AvgIpc) is 2.47. The molecule has 21 heavy (non-hydrogen) atoms. The van der Waals surface area contributed by atoms with Gasteiger partial charge in [0, 0.05) is 37.3 Å². The summed E-state index contributed by atoms with van der Waals surface area (Å²) in [4.78, 5) is 16.9. The highest BCUT2D eigenvalue weighted by Crippen LogP contribution is 2.17. The molecule has 0 spiro atoms. The summed E-state index contributed by atoms with van der Waals surface area (Å²) in [7, 11) is 0. The predicted molar refractivity (Wildman–Crippen MR) is 86.4 cm³/mol. The lowest BCUT2D eigenvalue weighted by molar-refractivity contribution is 0.0451. The van der Waals surface area contributed by atoms with Gasteiger partial charge < -0.3 is 10.6 Å². The average molecular weight is 289 g/mol. The number of carbonyl (C=O) groups excluding carboxylic acids is 1. The lowest BCUT2D eigenvalue weighted by atomic mass is 10.0. The molecule has 1 fully saturated rings. The number of hydrogen-bond donors (Lipinski definition) is 1. The zero-order valence-corrected chi connectivity index (χ0v) is 13.4. The highest BCUT2D eigenvalue weighted by molar-refractivity contribution is 5.94. The fourth-order valence-corrected chi connectivity index (χ4v) is 2.74. The summed E-state index contributed by atoms with van der Waals surface area (Å²) in [5.41, 5.74) is 7.69. The molecule has 4 nitrogen and oxygen atoms in total. The standard InChI is InChI=1S/C17H27N3O/c1-17(2,3)20-12-10-19(11-13-20)16(21)15-6-4-14(5-7-15)8-9-18/h4-7H,8-13,18H2,1-3H3. The second kappa shape index (κ2) is 6.58. The third-order valence-electron chi connectivity index (χ3n) is 4.15. The van der Waals surface area contributed by atoms with E-state index >= 15 is 0 Å². The van der Waals surface area contributed by atoms with E-state index in [2.05, 4.69) is 25.7 Å².